The summed E-state index contributed by atoms with van der Waals surface area (Å²) in [5.74, 6) is 0.300. The molecule has 0 aliphatic heterocycles. The molecule has 1 aromatic carbocycles. The molecule has 0 aliphatic rings. The van der Waals surface area contributed by atoms with Crippen LogP contribution < -0.4 is 4.74 Å². The van der Waals surface area contributed by atoms with Crippen molar-refractivity contribution in [2.75, 3.05) is 14.1 Å². The Morgan fingerprint density at radius 1 is 1.14 bits per heavy atom. The molecular weight excluding hydrogens is 483 g/mol. The maximum Gasteiger partial charge on any atom is 0.434 e. The van der Waals surface area contributed by atoms with Gasteiger partial charge in [-0.05, 0) is 36.2 Å². The van der Waals surface area contributed by atoms with Gasteiger partial charge in [-0.2, -0.15) is 13.2 Å². The lowest BCUT2D eigenvalue weighted by Gasteiger charge is -2.11. The van der Waals surface area contributed by atoms with Crippen LogP contribution in [-0.4, -0.2) is 44.4 Å². The zero-order valence-corrected chi connectivity index (χ0v) is 19.9. The summed E-state index contributed by atoms with van der Waals surface area (Å²) in [6.45, 7) is 2.31. The van der Waals surface area contributed by atoms with E-state index < -0.39 is 11.9 Å². The summed E-state index contributed by atoms with van der Waals surface area (Å²) in [4.78, 5) is 25.0. The summed E-state index contributed by atoms with van der Waals surface area (Å²) in [5.41, 5.74) is 2.11. The van der Waals surface area contributed by atoms with Gasteiger partial charge in [0.15, 0.2) is 5.69 Å². The third-order valence-corrected chi connectivity index (χ3v) is 5.60. The molecule has 7 nitrogen and oxygen atoms in total. The SMILES string of the molecule is Cc1cc(Oc2cnc(C(F)(F)F)cn2)cc(-c2cn(CCC(=O)N(C)C)c3ccnc(Cl)c23)c1. The molecule has 4 aromatic rings. The van der Waals surface area contributed by atoms with E-state index in [0.717, 1.165) is 33.8 Å². The minimum absolute atomic E-state index is 0.00236. The number of carbonyl (C=O) groups is 1. The number of alkyl halides is 3. The number of amides is 1. The van der Waals surface area contributed by atoms with Crippen LogP contribution in [0.25, 0.3) is 22.0 Å². The summed E-state index contributed by atoms with van der Waals surface area (Å²) >= 11 is 6.46. The topological polar surface area (TPSA) is 73.1 Å². The van der Waals surface area contributed by atoms with Crippen molar-refractivity contribution < 1.29 is 22.7 Å². The van der Waals surface area contributed by atoms with Crippen LogP contribution in [0.4, 0.5) is 13.2 Å². The zero-order valence-electron chi connectivity index (χ0n) is 19.1. The third kappa shape index (κ3) is 5.37. The Kier molecular flexibility index (Phi) is 6.66. The van der Waals surface area contributed by atoms with Crippen LogP contribution in [0.1, 0.15) is 17.7 Å². The number of carbonyl (C=O) groups excluding carboxylic acids is 1. The third-order valence-electron chi connectivity index (χ3n) is 5.31. The largest absolute Gasteiger partial charge is 0.437 e. The molecule has 0 saturated heterocycles. The fraction of sp³-hybridized carbons (Fsp3) is 0.250. The van der Waals surface area contributed by atoms with Gasteiger partial charge in [0.1, 0.15) is 10.9 Å². The average Bonchev–Trinajstić information content (AvgIpc) is 3.17. The first-order valence-corrected chi connectivity index (χ1v) is 10.9. The summed E-state index contributed by atoms with van der Waals surface area (Å²) in [7, 11) is 3.41. The van der Waals surface area contributed by atoms with E-state index >= 15 is 0 Å². The maximum absolute atomic E-state index is 12.8. The Bertz CT molecular complexity index is 1380. The van der Waals surface area contributed by atoms with Crippen LogP contribution in [0.2, 0.25) is 5.15 Å². The van der Waals surface area contributed by atoms with Gasteiger partial charge in [-0.15, -0.1) is 0 Å². The number of hydrogen-bond donors (Lipinski definition) is 0. The number of pyridine rings is 1. The second-order valence-corrected chi connectivity index (χ2v) is 8.50. The highest BCUT2D eigenvalue weighted by Gasteiger charge is 2.32. The van der Waals surface area contributed by atoms with Crippen molar-refractivity contribution >= 4 is 28.4 Å². The van der Waals surface area contributed by atoms with Crippen molar-refractivity contribution in [1.29, 1.82) is 0 Å². The van der Waals surface area contributed by atoms with E-state index in [1.165, 1.54) is 4.90 Å². The molecule has 0 fully saturated rings. The quantitative estimate of drug-likeness (QED) is 0.313. The molecule has 0 bridgehead atoms. The standard InChI is InChI=1S/C24H21ClF3N5O2/c1-14-8-15(10-16(9-14)35-20-12-30-19(11-31-20)24(26,27)28)17-13-33(7-5-21(34)32(2)3)18-4-6-29-23(25)22(17)18/h4,6,8-13H,5,7H2,1-3H3. The number of hydrogen-bond acceptors (Lipinski definition) is 5. The number of ether oxygens (including phenoxy) is 1. The van der Waals surface area contributed by atoms with Gasteiger partial charge in [-0.1, -0.05) is 17.7 Å². The Hall–Kier alpha value is -3.66. The van der Waals surface area contributed by atoms with E-state index in [-0.39, 0.29) is 11.8 Å². The molecule has 3 heterocycles. The Balaban J connectivity index is 1.70. The first-order valence-electron chi connectivity index (χ1n) is 10.6. The highest BCUT2D eigenvalue weighted by Crippen LogP contribution is 2.37. The Morgan fingerprint density at radius 2 is 1.91 bits per heavy atom. The van der Waals surface area contributed by atoms with E-state index in [2.05, 4.69) is 15.0 Å². The molecule has 0 unspecified atom stereocenters. The minimum atomic E-state index is -4.58. The van der Waals surface area contributed by atoms with E-state index in [4.69, 9.17) is 16.3 Å². The second kappa shape index (κ2) is 9.53. The smallest absolute Gasteiger partial charge is 0.434 e. The fourth-order valence-corrected chi connectivity index (χ4v) is 3.90. The molecule has 1 amide bonds. The Labute approximate surface area is 204 Å². The van der Waals surface area contributed by atoms with Gasteiger partial charge in [-0.25, -0.2) is 15.0 Å². The number of rotatable bonds is 6. The molecule has 35 heavy (non-hydrogen) atoms. The van der Waals surface area contributed by atoms with Crippen molar-refractivity contribution in [3.63, 3.8) is 0 Å². The molecule has 0 spiro atoms. The van der Waals surface area contributed by atoms with Crippen LogP contribution in [0.15, 0.2) is 49.1 Å². The van der Waals surface area contributed by atoms with Gasteiger partial charge in [0, 0.05) is 50.4 Å². The predicted molar refractivity (Wildman–Crippen MR) is 125 cm³/mol. The molecule has 0 atom stereocenters. The Morgan fingerprint density at radius 3 is 2.57 bits per heavy atom. The lowest BCUT2D eigenvalue weighted by molar-refractivity contribution is -0.141. The van der Waals surface area contributed by atoms with E-state index in [9.17, 15) is 18.0 Å². The van der Waals surface area contributed by atoms with Gasteiger partial charge in [0.05, 0.1) is 17.9 Å². The predicted octanol–water partition coefficient (Wildman–Crippen LogP) is 5.74. The summed E-state index contributed by atoms with van der Waals surface area (Å²) in [5, 5.41) is 1.03. The van der Waals surface area contributed by atoms with Crippen molar-refractivity contribution in [1.82, 2.24) is 24.4 Å². The summed E-state index contributed by atoms with van der Waals surface area (Å²) in [6.07, 6.45) is 0.787. The molecule has 0 aliphatic carbocycles. The maximum atomic E-state index is 12.8. The number of nitrogens with zero attached hydrogens (tertiary/aromatic N) is 5. The monoisotopic (exact) mass is 503 g/mol. The molecule has 4 rings (SSSR count). The number of halogens is 4. The minimum Gasteiger partial charge on any atom is -0.437 e. The lowest BCUT2D eigenvalue weighted by atomic mass is 10.0. The molecule has 0 radical (unpaired) electrons. The molecule has 182 valence electrons. The number of benzene rings is 1. The second-order valence-electron chi connectivity index (χ2n) is 8.14. The highest BCUT2D eigenvalue weighted by atomic mass is 35.5. The van der Waals surface area contributed by atoms with Crippen molar-refractivity contribution in [3.05, 3.63) is 65.5 Å². The average molecular weight is 504 g/mol. The summed E-state index contributed by atoms with van der Waals surface area (Å²) < 4.78 is 45.9. The van der Waals surface area contributed by atoms with Crippen LogP contribution in [-0.2, 0) is 17.5 Å². The van der Waals surface area contributed by atoms with Crippen LogP contribution >= 0.6 is 11.6 Å². The normalized spacial score (nSPS) is 11.6. The van der Waals surface area contributed by atoms with Crippen LogP contribution in [0, 0.1) is 6.92 Å². The fourth-order valence-electron chi connectivity index (χ4n) is 3.65. The van der Waals surface area contributed by atoms with E-state index in [0.29, 0.717) is 30.1 Å². The van der Waals surface area contributed by atoms with Crippen LogP contribution in [0.3, 0.4) is 0 Å². The van der Waals surface area contributed by atoms with E-state index in [1.807, 2.05) is 29.8 Å². The van der Waals surface area contributed by atoms with Gasteiger partial charge in [-0.3, -0.25) is 4.79 Å². The molecule has 11 heteroatoms. The van der Waals surface area contributed by atoms with E-state index in [1.54, 1.807) is 32.4 Å². The van der Waals surface area contributed by atoms with Crippen LogP contribution in [0.5, 0.6) is 11.6 Å². The molecular formula is C24H21ClF3N5O2. The number of aryl methyl sites for hydroxylation is 2. The first kappa shape index (κ1) is 24.5. The zero-order chi connectivity index (χ0) is 25.3. The summed E-state index contributed by atoms with van der Waals surface area (Å²) in [6, 6.07) is 7.23. The number of aromatic nitrogens is 4. The van der Waals surface area contributed by atoms with Crippen molar-refractivity contribution in [2.45, 2.75) is 26.1 Å². The highest BCUT2D eigenvalue weighted by molar-refractivity contribution is 6.35. The first-order chi connectivity index (χ1) is 16.5. The van der Waals surface area contributed by atoms with Crippen molar-refractivity contribution in [2.24, 2.45) is 0 Å². The molecule has 3 aromatic heterocycles. The number of fused-ring (bicyclic) bond motifs is 1. The van der Waals surface area contributed by atoms with Crippen molar-refractivity contribution in [3.8, 4) is 22.8 Å². The van der Waals surface area contributed by atoms with Gasteiger partial charge >= 0.3 is 6.18 Å². The van der Waals surface area contributed by atoms with Gasteiger partial charge < -0.3 is 14.2 Å². The molecule has 0 saturated carbocycles. The van der Waals surface area contributed by atoms with Gasteiger partial charge in [0.25, 0.3) is 0 Å². The molecule has 0 N–H and O–H groups in total. The van der Waals surface area contributed by atoms with Gasteiger partial charge in [0.2, 0.25) is 11.8 Å². The lowest BCUT2D eigenvalue weighted by Crippen LogP contribution is -2.22.